The third kappa shape index (κ3) is 4.30. The van der Waals surface area contributed by atoms with Crippen LogP contribution in [0.1, 0.15) is 45.9 Å². The number of aryl methyl sites for hydroxylation is 2. The van der Waals surface area contributed by atoms with E-state index in [1.807, 2.05) is 11.5 Å². The van der Waals surface area contributed by atoms with Crippen LogP contribution in [0.2, 0.25) is 0 Å². The van der Waals surface area contributed by atoms with Gasteiger partial charge in [0.1, 0.15) is 5.82 Å². The molecule has 152 valence electrons. The summed E-state index contributed by atoms with van der Waals surface area (Å²) in [4.78, 5) is 31.8. The maximum absolute atomic E-state index is 12.4. The Kier molecular flexibility index (Phi) is 6.89. The van der Waals surface area contributed by atoms with E-state index in [1.165, 1.54) is 23.1 Å². The van der Waals surface area contributed by atoms with Gasteiger partial charge in [-0.05, 0) is 19.8 Å². The molecule has 0 amide bonds. The summed E-state index contributed by atoms with van der Waals surface area (Å²) in [6.45, 7) is 8.13. The lowest BCUT2D eigenvalue weighted by Gasteiger charge is -2.06. The van der Waals surface area contributed by atoms with Crippen LogP contribution in [-0.4, -0.2) is 35.8 Å². The van der Waals surface area contributed by atoms with Gasteiger partial charge < -0.3 is 9.88 Å². The van der Waals surface area contributed by atoms with Crippen molar-refractivity contribution in [3.05, 3.63) is 26.7 Å². The number of anilines is 1. The molecule has 3 aromatic heterocycles. The molecule has 0 radical (unpaired) electrons. The first kappa shape index (κ1) is 20.6. The molecular weight excluding hydrogens is 398 g/mol. The number of nitrogens with one attached hydrogen (secondary N) is 2. The fraction of sp³-hybridized carbons (Fsp3) is 0.588. The zero-order valence-corrected chi connectivity index (χ0v) is 18.0. The predicted octanol–water partition coefficient (Wildman–Crippen LogP) is 2.67. The van der Waals surface area contributed by atoms with Gasteiger partial charge in [-0.2, -0.15) is 0 Å². The summed E-state index contributed by atoms with van der Waals surface area (Å²) in [5.41, 5.74) is 0.126. The van der Waals surface area contributed by atoms with Crippen molar-refractivity contribution in [1.82, 2.24) is 29.3 Å². The largest absolute Gasteiger partial charge is 0.360 e. The van der Waals surface area contributed by atoms with Gasteiger partial charge in [0.2, 0.25) is 5.13 Å². The Bertz CT molecular complexity index is 1050. The smallest absolute Gasteiger partial charge is 0.330 e. The minimum Gasteiger partial charge on any atom is -0.360 e. The summed E-state index contributed by atoms with van der Waals surface area (Å²) in [6, 6.07) is 0. The first-order valence-corrected chi connectivity index (χ1v) is 11.3. The molecule has 0 aromatic carbocycles. The molecular formula is C17H25N7O2S2. The number of hydrogen-bond donors (Lipinski definition) is 2. The minimum atomic E-state index is -0.401. The molecule has 0 atom stereocenters. The standard InChI is InChI=1S/C17H25N7O2S2/c1-4-7-9-24-13-12(14(25)20-16(24)26)23(6-3)11(19-13)10-27-17-22-21-15(28-17)18-8-5-2/h4-10H2,1-3H3,(H,18,21)(H,20,25,26). The molecule has 0 aliphatic carbocycles. The number of hydrogen-bond acceptors (Lipinski definition) is 8. The molecule has 0 aliphatic heterocycles. The van der Waals surface area contributed by atoms with Crippen molar-refractivity contribution in [3.8, 4) is 0 Å². The summed E-state index contributed by atoms with van der Waals surface area (Å²) in [5, 5.41) is 12.4. The lowest BCUT2D eigenvalue weighted by Crippen LogP contribution is -2.31. The van der Waals surface area contributed by atoms with Gasteiger partial charge in [-0.3, -0.25) is 14.3 Å². The topological polar surface area (TPSA) is 110 Å². The number of thioether (sulfide) groups is 1. The number of rotatable bonds is 10. The average molecular weight is 424 g/mol. The molecule has 11 heteroatoms. The number of nitrogens with zero attached hydrogens (tertiary/aromatic N) is 5. The number of aromatic amines is 1. The third-order valence-electron chi connectivity index (χ3n) is 4.27. The molecule has 2 N–H and O–H groups in total. The van der Waals surface area contributed by atoms with Gasteiger partial charge in [0.15, 0.2) is 15.5 Å². The Hall–Kier alpha value is -2.14. The highest BCUT2D eigenvalue weighted by Crippen LogP contribution is 2.28. The van der Waals surface area contributed by atoms with Crippen molar-refractivity contribution in [1.29, 1.82) is 0 Å². The number of imidazole rings is 1. The van der Waals surface area contributed by atoms with Crippen LogP contribution in [0.15, 0.2) is 13.9 Å². The van der Waals surface area contributed by atoms with Crippen LogP contribution in [0, 0.1) is 0 Å². The van der Waals surface area contributed by atoms with Crippen LogP contribution in [-0.2, 0) is 18.8 Å². The van der Waals surface area contributed by atoms with E-state index in [2.05, 4.69) is 39.3 Å². The zero-order valence-electron chi connectivity index (χ0n) is 16.3. The van der Waals surface area contributed by atoms with Crippen LogP contribution in [0.25, 0.3) is 11.2 Å². The van der Waals surface area contributed by atoms with E-state index in [4.69, 9.17) is 0 Å². The number of H-pyrrole nitrogens is 1. The molecule has 28 heavy (non-hydrogen) atoms. The van der Waals surface area contributed by atoms with E-state index in [0.29, 0.717) is 30.0 Å². The van der Waals surface area contributed by atoms with Gasteiger partial charge in [0.05, 0.1) is 5.75 Å². The summed E-state index contributed by atoms with van der Waals surface area (Å²) >= 11 is 3.03. The maximum Gasteiger partial charge on any atom is 0.330 e. The fourth-order valence-electron chi connectivity index (χ4n) is 2.89. The Balaban J connectivity index is 1.90. The number of aromatic nitrogens is 6. The van der Waals surface area contributed by atoms with Crippen molar-refractivity contribution in [3.63, 3.8) is 0 Å². The van der Waals surface area contributed by atoms with E-state index in [-0.39, 0.29) is 5.56 Å². The molecule has 0 bridgehead atoms. The highest BCUT2D eigenvalue weighted by molar-refractivity contribution is 8.00. The zero-order chi connectivity index (χ0) is 20.1. The van der Waals surface area contributed by atoms with Crippen LogP contribution in [0.4, 0.5) is 5.13 Å². The van der Waals surface area contributed by atoms with Gasteiger partial charge in [-0.15, -0.1) is 10.2 Å². The summed E-state index contributed by atoms with van der Waals surface area (Å²) in [6.07, 6.45) is 2.83. The molecule has 0 spiro atoms. The van der Waals surface area contributed by atoms with E-state index in [1.54, 1.807) is 4.57 Å². The molecule has 0 saturated heterocycles. The molecule has 3 heterocycles. The quantitative estimate of drug-likeness (QED) is 0.482. The first-order chi connectivity index (χ1) is 13.6. The average Bonchev–Trinajstić information content (AvgIpc) is 3.28. The second-order valence-electron chi connectivity index (χ2n) is 6.30. The van der Waals surface area contributed by atoms with Gasteiger partial charge in [-0.1, -0.05) is 43.4 Å². The van der Waals surface area contributed by atoms with Crippen molar-refractivity contribution in [2.45, 2.75) is 63.2 Å². The Morgan fingerprint density at radius 1 is 1.14 bits per heavy atom. The lowest BCUT2D eigenvalue weighted by molar-refractivity contribution is 0.613. The molecule has 0 fully saturated rings. The Morgan fingerprint density at radius 3 is 2.68 bits per heavy atom. The molecule has 0 aliphatic rings. The van der Waals surface area contributed by atoms with E-state index < -0.39 is 5.69 Å². The number of fused-ring (bicyclic) bond motifs is 1. The highest BCUT2D eigenvalue weighted by atomic mass is 32.2. The highest BCUT2D eigenvalue weighted by Gasteiger charge is 2.18. The fourth-order valence-corrected chi connectivity index (χ4v) is 4.61. The van der Waals surface area contributed by atoms with Crippen molar-refractivity contribution >= 4 is 39.4 Å². The SMILES string of the molecule is CCCCn1c(=O)[nH]c(=O)c2c1nc(CSc1nnc(NCCC)s1)n2CC. The Morgan fingerprint density at radius 2 is 1.96 bits per heavy atom. The summed E-state index contributed by atoms with van der Waals surface area (Å²) in [7, 11) is 0. The Labute approximate surface area is 170 Å². The molecule has 0 saturated carbocycles. The normalized spacial score (nSPS) is 11.4. The van der Waals surface area contributed by atoms with E-state index >= 15 is 0 Å². The van der Waals surface area contributed by atoms with Gasteiger partial charge in [0, 0.05) is 19.6 Å². The van der Waals surface area contributed by atoms with Gasteiger partial charge in [-0.25, -0.2) is 9.78 Å². The molecule has 3 aromatic rings. The van der Waals surface area contributed by atoms with Crippen LogP contribution >= 0.6 is 23.1 Å². The third-order valence-corrected chi connectivity index (χ3v) is 6.28. The van der Waals surface area contributed by atoms with Gasteiger partial charge >= 0.3 is 5.69 Å². The van der Waals surface area contributed by atoms with Crippen molar-refractivity contribution in [2.24, 2.45) is 0 Å². The molecule has 3 rings (SSSR count). The van der Waals surface area contributed by atoms with Crippen molar-refractivity contribution in [2.75, 3.05) is 11.9 Å². The second-order valence-corrected chi connectivity index (χ2v) is 8.50. The monoisotopic (exact) mass is 423 g/mol. The minimum absolute atomic E-state index is 0.389. The number of unbranched alkanes of at least 4 members (excludes halogenated alkanes) is 1. The van der Waals surface area contributed by atoms with E-state index in [9.17, 15) is 9.59 Å². The maximum atomic E-state index is 12.4. The predicted molar refractivity (Wildman–Crippen MR) is 113 cm³/mol. The second kappa shape index (κ2) is 9.37. The summed E-state index contributed by atoms with van der Waals surface area (Å²) in [5.74, 6) is 1.30. The van der Waals surface area contributed by atoms with Crippen LogP contribution in [0.3, 0.4) is 0 Å². The van der Waals surface area contributed by atoms with Crippen LogP contribution < -0.4 is 16.6 Å². The van der Waals surface area contributed by atoms with Crippen LogP contribution in [0.5, 0.6) is 0 Å². The van der Waals surface area contributed by atoms with E-state index in [0.717, 1.165) is 41.1 Å². The molecule has 9 nitrogen and oxygen atoms in total. The summed E-state index contributed by atoms with van der Waals surface area (Å²) < 4.78 is 4.28. The van der Waals surface area contributed by atoms with Gasteiger partial charge in [0.25, 0.3) is 5.56 Å². The first-order valence-electron chi connectivity index (χ1n) is 9.51. The van der Waals surface area contributed by atoms with Crippen molar-refractivity contribution < 1.29 is 0 Å². The molecule has 0 unspecified atom stereocenters. The lowest BCUT2D eigenvalue weighted by atomic mass is 10.3.